The van der Waals surface area contributed by atoms with Crippen LogP contribution in [-0.4, -0.2) is 48.8 Å². The number of amides is 1. The molecule has 2 atom stereocenters. The summed E-state index contributed by atoms with van der Waals surface area (Å²) in [6.07, 6.45) is 0. The molecule has 0 bridgehead atoms. The van der Waals surface area contributed by atoms with Crippen molar-refractivity contribution in [2.75, 3.05) is 31.1 Å². The van der Waals surface area contributed by atoms with Crippen LogP contribution in [0.2, 0.25) is 0 Å². The van der Waals surface area contributed by atoms with Gasteiger partial charge in [-0.05, 0) is 56.7 Å². The lowest BCUT2D eigenvalue weighted by molar-refractivity contribution is -0.126. The smallest absolute Gasteiger partial charge is 0.237 e. The van der Waals surface area contributed by atoms with Gasteiger partial charge in [0, 0.05) is 31.7 Å². The Labute approximate surface area is 175 Å². The molecule has 0 aromatic heterocycles. The van der Waals surface area contributed by atoms with Crippen LogP contribution >= 0.6 is 0 Å². The number of carbonyl (C=O) groups excluding carboxylic acids is 2. The maximum Gasteiger partial charge on any atom is 0.237 e. The highest BCUT2D eigenvalue weighted by molar-refractivity contribution is 5.94. The fourth-order valence-electron chi connectivity index (χ4n) is 3.67. The van der Waals surface area contributed by atoms with Gasteiger partial charge in [0.25, 0.3) is 0 Å². The van der Waals surface area contributed by atoms with E-state index in [-0.39, 0.29) is 29.6 Å². The van der Waals surface area contributed by atoms with Crippen molar-refractivity contribution >= 4 is 17.4 Å². The van der Waals surface area contributed by atoms with Crippen LogP contribution in [0, 0.1) is 11.6 Å². The molecule has 0 radical (unpaired) electrons. The minimum Gasteiger partial charge on any atom is -0.367 e. The molecule has 2 aromatic carbocycles. The summed E-state index contributed by atoms with van der Waals surface area (Å²) in [5.41, 5.74) is 1.67. The van der Waals surface area contributed by atoms with Gasteiger partial charge in [-0.15, -0.1) is 0 Å². The quantitative estimate of drug-likeness (QED) is 0.733. The predicted molar refractivity (Wildman–Crippen MR) is 113 cm³/mol. The monoisotopic (exact) mass is 415 g/mol. The second-order valence-corrected chi connectivity index (χ2v) is 7.70. The lowest BCUT2D eigenvalue weighted by Gasteiger charge is -2.38. The number of rotatable bonds is 6. The number of nitrogens with zero attached hydrogens (tertiary/aromatic N) is 2. The van der Waals surface area contributed by atoms with Crippen LogP contribution in [0.1, 0.15) is 42.7 Å². The molecule has 1 N–H and O–H groups in total. The lowest BCUT2D eigenvalue weighted by atomic mass is 10.1. The number of anilines is 1. The molecule has 1 heterocycles. The van der Waals surface area contributed by atoms with E-state index in [9.17, 15) is 18.4 Å². The summed E-state index contributed by atoms with van der Waals surface area (Å²) in [6, 6.07) is 10.1. The first-order chi connectivity index (χ1) is 14.3. The van der Waals surface area contributed by atoms with Crippen molar-refractivity contribution in [2.45, 2.75) is 32.9 Å². The van der Waals surface area contributed by atoms with Crippen LogP contribution in [0.3, 0.4) is 0 Å². The Balaban J connectivity index is 1.55. The van der Waals surface area contributed by atoms with Gasteiger partial charge in [0.1, 0.15) is 11.6 Å². The highest BCUT2D eigenvalue weighted by Crippen LogP contribution is 2.23. The summed E-state index contributed by atoms with van der Waals surface area (Å²) < 4.78 is 27.5. The molecule has 1 fully saturated rings. The van der Waals surface area contributed by atoms with Crippen molar-refractivity contribution in [2.24, 2.45) is 0 Å². The summed E-state index contributed by atoms with van der Waals surface area (Å²) in [7, 11) is 0. The maximum absolute atomic E-state index is 14.4. The molecule has 160 valence electrons. The normalized spacial score (nSPS) is 16.8. The first-order valence-electron chi connectivity index (χ1n) is 10.1. The molecular formula is C23H27F2N3O2. The second-order valence-electron chi connectivity index (χ2n) is 7.70. The van der Waals surface area contributed by atoms with Gasteiger partial charge in [-0.1, -0.05) is 12.1 Å². The van der Waals surface area contributed by atoms with E-state index in [1.165, 1.54) is 25.1 Å². The largest absolute Gasteiger partial charge is 0.367 e. The molecule has 0 unspecified atom stereocenters. The fraction of sp³-hybridized carbons (Fsp3) is 0.391. The van der Waals surface area contributed by atoms with E-state index in [4.69, 9.17) is 0 Å². The molecule has 0 spiro atoms. The van der Waals surface area contributed by atoms with E-state index >= 15 is 0 Å². The Kier molecular flexibility index (Phi) is 6.82. The molecule has 3 rings (SSSR count). The first-order valence-corrected chi connectivity index (χ1v) is 10.1. The van der Waals surface area contributed by atoms with Gasteiger partial charge in [0.15, 0.2) is 5.78 Å². The molecule has 1 saturated heterocycles. The van der Waals surface area contributed by atoms with Crippen LogP contribution in [0.15, 0.2) is 42.5 Å². The van der Waals surface area contributed by atoms with Crippen molar-refractivity contribution in [3.8, 4) is 0 Å². The highest BCUT2D eigenvalue weighted by atomic mass is 19.1. The van der Waals surface area contributed by atoms with Crippen molar-refractivity contribution in [3.63, 3.8) is 0 Å². The molecule has 7 heteroatoms. The molecule has 0 saturated carbocycles. The van der Waals surface area contributed by atoms with Crippen molar-refractivity contribution in [3.05, 3.63) is 65.2 Å². The number of nitrogens with one attached hydrogen (secondary N) is 1. The van der Waals surface area contributed by atoms with Gasteiger partial charge in [-0.25, -0.2) is 8.78 Å². The highest BCUT2D eigenvalue weighted by Gasteiger charge is 2.27. The number of ketones is 1. The molecule has 1 amide bonds. The Hall–Kier alpha value is -2.80. The molecule has 1 aliphatic heterocycles. The zero-order valence-corrected chi connectivity index (χ0v) is 17.5. The molecule has 1 aliphatic rings. The third kappa shape index (κ3) is 5.02. The number of piperazine rings is 1. The van der Waals surface area contributed by atoms with Gasteiger partial charge in [-0.2, -0.15) is 0 Å². The zero-order chi connectivity index (χ0) is 21.8. The number of benzene rings is 2. The van der Waals surface area contributed by atoms with Crippen molar-refractivity contribution < 1.29 is 18.4 Å². The van der Waals surface area contributed by atoms with E-state index in [0.717, 1.165) is 5.56 Å². The second kappa shape index (κ2) is 9.34. The van der Waals surface area contributed by atoms with Crippen LogP contribution in [0.25, 0.3) is 0 Å². The van der Waals surface area contributed by atoms with E-state index in [1.807, 2.05) is 18.7 Å². The fourth-order valence-corrected chi connectivity index (χ4v) is 3.67. The van der Waals surface area contributed by atoms with Crippen molar-refractivity contribution in [1.29, 1.82) is 0 Å². The van der Waals surface area contributed by atoms with Gasteiger partial charge in [0.2, 0.25) is 5.91 Å². The van der Waals surface area contributed by atoms with Crippen LogP contribution < -0.4 is 10.2 Å². The van der Waals surface area contributed by atoms with Gasteiger partial charge >= 0.3 is 0 Å². The lowest BCUT2D eigenvalue weighted by Crippen LogP contribution is -2.54. The van der Waals surface area contributed by atoms with E-state index in [1.54, 1.807) is 24.3 Å². The standard InChI is InChI=1S/C23H27F2N3O2/c1-15(18-4-7-20(24)8-5-18)26-23(30)16(2)27-10-12-28(13-11-27)22-9-6-19(17(3)29)14-21(22)25/h4-9,14-16H,10-13H2,1-3H3,(H,26,30)/t15-,16+/m1/s1. The number of Topliss-reactive ketones (excluding diaryl/α,β-unsaturated/α-hetero) is 1. The minimum atomic E-state index is -0.407. The summed E-state index contributed by atoms with van der Waals surface area (Å²) in [5.74, 6) is -0.983. The first kappa shape index (κ1) is 21.9. The van der Waals surface area contributed by atoms with Crippen LogP contribution in [-0.2, 0) is 4.79 Å². The zero-order valence-electron chi connectivity index (χ0n) is 17.5. The van der Waals surface area contributed by atoms with Crippen LogP contribution in [0.5, 0.6) is 0 Å². The van der Waals surface area contributed by atoms with Gasteiger partial charge in [0.05, 0.1) is 17.8 Å². The Morgan fingerprint density at radius 2 is 1.60 bits per heavy atom. The summed E-state index contributed by atoms with van der Waals surface area (Å²) in [4.78, 5) is 28.1. The average Bonchev–Trinajstić information content (AvgIpc) is 2.73. The molecule has 30 heavy (non-hydrogen) atoms. The summed E-state index contributed by atoms with van der Waals surface area (Å²) >= 11 is 0. The third-order valence-corrected chi connectivity index (χ3v) is 5.67. The predicted octanol–water partition coefficient (Wildman–Crippen LogP) is 3.56. The molecule has 2 aromatic rings. The van der Waals surface area contributed by atoms with E-state index in [0.29, 0.717) is 37.4 Å². The number of hydrogen-bond donors (Lipinski definition) is 1. The molecule has 0 aliphatic carbocycles. The third-order valence-electron chi connectivity index (χ3n) is 5.67. The SMILES string of the molecule is CC(=O)c1ccc(N2CCN([C@@H](C)C(=O)N[C@H](C)c3ccc(F)cc3)CC2)c(F)c1. The number of halogens is 2. The summed E-state index contributed by atoms with van der Waals surface area (Å²) in [6.45, 7) is 7.54. The molecular weight excluding hydrogens is 388 g/mol. The Morgan fingerprint density at radius 3 is 2.17 bits per heavy atom. The molecule has 5 nitrogen and oxygen atoms in total. The Bertz CT molecular complexity index is 909. The van der Waals surface area contributed by atoms with Crippen molar-refractivity contribution in [1.82, 2.24) is 10.2 Å². The Morgan fingerprint density at radius 1 is 0.967 bits per heavy atom. The topological polar surface area (TPSA) is 52.7 Å². The maximum atomic E-state index is 14.4. The van der Waals surface area contributed by atoms with E-state index in [2.05, 4.69) is 10.2 Å². The van der Waals surface area contributed by atoms with E-state index < -0.39 is 5.82 Å². The average molecular weight is 415 g/mol. The number of carbonyl (C=O) groups is 2. The minimum absolute atomic E-state index is 0.0998. The number of hydrogen-bond acceptors (Lipinski definition) is 4. The summed E-state index contributed by atoms with van der Waals surface area (Å²) in [5, 5.41) is 2.97. The van der Waals surface area contributed by atoms with Gasteiger partial charge < -0.3 is 10.2 Å². The van der Waals surface area contributed by atoms with Gasteiger partial charge in [-0.3, -0.25) is 14.5 Å². The van der Waals surface area contributed by atoms with Crippen LogP contribution in [0.4, 0.5) is 14.5 Å².